The lowest BCUT2D eigenvalue weighted by Gasteiger charge is -2.12. The van der Waals surface area contributed by atoms with Gasteiger partial charge in [0.2, 0.25) is 0 Å². The first-order chi connectivity index (χ1) is 9.79. The van der Waals surface area contributed by atoms with E-state index in [-0.39, 0.29) is 10.6 Å². The minimum atomic E-state index is -4.63. The average Bonchev–Trinajstić information content (AvgIpc) is 2.42. The quantitative estimate of drug-likeness (QED) is 0.580. The molecule has 0 bridgehead atoms. The first-order valence-corrected chi connectivity index (χ1v) is 6.30. The number of ketones is 1. The van der Waals surface area contributed by atoms with Crippen LogP contribution in [0.4, 0.5) is 17.6 Å². The Morgan fingerprint density at radius 1 is 1.10 bits per heavy atom. The van der Waals surface area contributed by atoms with Gasteiger partial charge in [-0.05, 0) is 29.8 Å². The maximum absolute atomic E-state index is 13.1. The molecule has 0 atom stereocenters. The number of rotatable bonds is 3. The molecule has 2 rings (SSSR count). The van der Waals surface area contributed by atoms with Crippen molar-refractivity contribution in [2.24, 2.45) is 0 Å². The molecule has 0 aromatic heterocycles. The topological polar surface area (TPSA) is 17.1 Å². The molecule has 0 saturated carbocycles. The van der Waals surface area contributed by atoms with Crippen molar-refractivity contribution in [3.8, 4) is 0 Å². The fraction of sp³-hybridized carbons (Fsp3) is 0.133. The molecule has 0 fully saturated rings. The van der Waals surface area contributed by atoms with Crippen molar-refractivity contribution in [1.29, 1.82) is 0 Å². The summed E-state index contributed by atoms with van der Waals surface area (Å²) in [6.07, 6.45) is -5.03. The van der Waals surface area contributed by atoms with Crippen LogP contribution in [0.15, 0.2) is 42.5 Å². The van der Waals surface area contributed by atoms with Crippen molar-refractivity contribution in [1.82, 2.24) is 0 Å². The standard InChI is InChI=1S/C15H9ClF4O/c16-13-6-5-10(17)7-9(13)8-14(21)11-3-1-2-4-12(11)15(18,19)20/h1-7H,8H2. The molecule has 0 amide bonds. The summed E-state index contributed by atoms with van der Waals surface area (Å²) in [6.45, 7) is 0. The van der Waals surface area contributed by atoms with E-state index in [1.54, 1.807) is 0 Å². The lowest BCUT2D eigenvalue weighted by Crippen LogP contribution is -2.14. The van der Waals surface area contributed by atoms with Crippen LogP contribution in [-0.2, 0) is 12.6 Å². The molecule has 0 N–H and O–H groups in total. The van der Waals surface area contributed by atoms with Gasteiger partial charge in [-0.1, -0.05) is 29.8 Å². The number of halogens is 5. The van der Waals surface area contributed by atoms with Gasteiger partial charge >= 0.3 is 6.18 Å². The van der Waals surface area contributed by atoms with E-state index in [4.69, 9.17) is 11.6 Å². The number of alkyl halides is 3. The minimum Gasteiger partial charge on any atom is -0.294 e. The predicted molar refractivity (Wildman–Crippen MR) is 70.9 cm³/mol. The third-order valence-electron chi connectivity index (χ3n) is 2.89. The Kier molecular flexibility index (Phi) is 4.32. The van der Waals surface area contributed by atoms with Gasteiger partial charge in [-0.2, -0.15) is 13.2 Å². The molecular formula is C15H9ClF4O. The van der Waals surface area contributed by atoms with Gasteiger partial charge in [-0.3, -0.25) is 4.79 Å². The molecule has 1 nitrogen and oxygen atoms in total. The van der Waals surface area contributed by atoms with Gasteiger partial charge < -0.3 is 0 Å². The Balaban J connectivity index is 2.36. The maximum atomic E-state index is 13.1. The average molecular weight is 317 g/mol. The van der Waals surface area contributed by atoms with Gasteiger partial charge in [-0.15, -0.1) is 0 Å². The number of benzene rings is 2. The number of carbonyl (C=O) groups is 1. The molecule has 0 aliphatic rings. The highest BCUT2D eigenvalue weighted by Crippen LogP contribution is 2.32. The summed E-state index contributed by atoms with van der Waals surface area (Å²) in [5.74, 6) is -1.37. The number of carbonyl (C=O) groups excluding carboxylic acids is 1. The van der Waals surface area contributed by atoms with E-state index >= 15 is 0 Å². The SMILES string of the molecule is O=C(Cc1cc(F)ccc1Cl)c1ccccc1C(F)(F)F. The molecule has 6 heteroatoms. The van der Waals surface area contributed by atoms with Crippen molar-refractivity contribution >= 4 is 17.4 Å². The van der Waals surface area contributed by atoms with Crippen LogP contribution >= 0.6 is 11.6 Å². The second kappa shape index (κ2) is 5.85. The Morgan fingerprint density at radius 2 is 1.76 bits per heavy atom. The van der Waals surface area contributed by atoms with Gasteiger partial charge in [-0.25, -0.2) is 4.39 Å². The fourth-order valence-electron chi connectivity index (χ4n) is 1.92. The third-order valence-corrected chi connectivity index (χ3v) is 3.26. The van der Waals surface area contributed by atoms with Gasteiger partial charge in [0.25, 0.3) is 0 Å². The summed E-state index contributed by atoms with van der Waals surface area (Å²) >= 11 is 5.82. The smallest absolute Gasteiger partial charge is 0.294 e. The molecule has 2 aromatic carbocycles. The largest absolute Gasteiger partial charge is 0.417 e. The zero-order chi connectivity index (χ0) is 15.6. The Hall–Kier alpha value is -1.88. The summed E-state index contributed by atoms with van der Waals surface area (Å²) in [5.41, 5.74) is -1.31. The van der Waals surface area contributed by atoms with Crippen molar-refractivity contribution in [2.75, 3.05) is 0 Å². The molecule has 0 heterocycles. The highest BCUT2D eigenvalue weighted by Gasteiger charge is 2.34. The molecular weight excluding hydrogens is 308 g/mol. The second-order valence-electron chi connectivity index (χ2n) is 4.38. The first-order valence-electron chi connectivity index (χ1n) is 5.92. The van der Waals surface area contributed by atoms with Gasteiger partial charge in [0.1, 0.15) is 5.82 Å². The van der Waals surface area contributed by atoms with E-state index < -0.39 is 35.3 Å². The summed E-state index contributed by atoms with van der Waals surface area (Å²) in [5, 5.41) is 0.134. The normalized spacial score (nSPS) is 11.5. The molecule has 0 saturated heterocycles. The zero-order valence-corrected chi connectivity index (χ0v) is 11.3. The highest BCUT2D eigenvalue weighted by molar-refractivity contribution is 6.31. The van der Waals surface area contributed by atoms with Crippen LogP contribution in [-0.4, -0.2) is 5.78 Å². The Morgan fingerprint density at radius 3 is 2.43 bits per heavy atom. The van der Waals surface area contributed by atoms with Crippen molar-refractivity contribution in [3.63, 3.8) is 0 Å². The Bertz CT molecular complexity index is 680. The first kappa shape index (κ1) is 15.5. The van der Waals surface area contributed by atoms with E-state index in [2.05, 4.69) is 0 Å². The lowest BCUT2D eigenvalue weighted by atomic mass is 9.98. The molecule has 0 spiro atoms. The molecule has 0 radical (unpaired) electrons. The third kappa shape index (κ3) is 3.61. The number of hydrogen-bond acceptors (Lipinski definition) is 1. The summed E-state index contributed by atoms with van der Waals surface area (Å²) < 4.78 is 51.7. The van der Waals surface area contributed by atoms with Crippen LogP contribution in [0.3, 0.4) is 0 Å². The minimum absolute atomic E-state index is 0.134. The van der Waals surface area contributed by atoms with Gasteiger partial charge in [0.05, 0.1) is 5.56 Å². The molecule has 2 aromatic rings. The monoisotopic (exact) mass is 316 g/mol. The zero-order valence-electron chi connectivity index (χ0n) is 10.5. The molecule has 0 aliphatic heterocycles. The maximum Gasteiger partial charge on any atom is 0.417 e. The van der Waals surface area contributed by atoms with Crippen LogP contribution in [0.5, 0.6) is 0 Å². The van der Waals surface area contributed by atoms with Crippen molar-refractivity contribution in [2.45, 2.75) is 12.6 Å². The molecule has 0 aliphatic carbocycles. The number of Topliss-reactive ketones (excluding diaryl/α,β-unsaturated/α-hetero) is 1. The van der Waals surface area contributed by atoms with Crippen LogP contribution in [0.25, 0.3) is 0 Å². The van der Waals surface area contributed by atoms with Crippen LogP contribution in [0.2, 0.25) is 5.02 Å². The van der Waals surface area contributed by atoms with Gasteiger partial charge in [0, 0.05) is 17.0 Å². The predicted octanol–water partition coefficient (Wildman–Crippen LogP) is 4.92. The lowest BCUT2D eigenvalue weighted by molar-refractivity contribution is -0.137. The summed E-state index contributed by atoms with van der Waals surface area (Å²) in [6, 6.07) is 7.88. The highest BCUT2D eigenvalue weighted by atomic mass is 35.5. The van der Waals surface area contributed by atoms with E-state index in [1.165, 1.54) is 18.2 Å². The molecule has 0 unspecified atom stereocenters. The van der Waals surface area contributed by atoms with E-state index in [9.17, 15) is 22.4 Å². The van der Waals surface area contributed by atoms with Crippen molar-refractivity contribution in [3.05, 3.63) is 70.0 Å². The second-order valence-corrected chi connectivity index (χ2v) is 4.79. The number of hydrogen-bond donors (Lipinski definition) is 0. The van der Waals surface area contributed by atoms with E-state index in [1.807, 2.05) is 0 Å². The fourth-order valence-corrected chi connectivity index (χ4v) is 2.10. The van der Waals surface area contributed by atoms with Crippen LogP contribution in [0, 0.1) is 5.82 Å². The molecule has 21 heavy (non-hydrogen) atoms. The van der Waals surface area contributed by atoms with Crippen LogP contribution < -0.4 is 0 Å². The summed E-state index contributed by atoms with van der Waals surface area (Å²) in [7, 11) is 0. The van der Waals surface area contributed by atoms with E-state index in [0.717, 1.165) is 24.3 Å². The summed E-state index contributed by atoms with van der Waals surface area (Å²) in [4.78, 5) is 12.1. The van der Waals surface area contributed by atoms with Crippen molar-refractivity contribution < 1.29 is 22.4 Å². The Labute approximate surface area is 123 Å². The van der Waals surface area contributed by atoms with Crippen LogP contribution in [0.1, 0.15) is 21.5 Å². The van der Waals surface area contributed by atoms with Gasteiger partial charge in [0.15, 0.2) is 5.78 Å². The van der Waals surface area contributed by atoms with E-state index in [0.29, 0.717) is 0 Å². The molecule has 110 valence electrons.